The minimum absolute atomic E-state index is 0. The van der Waals surface area contributed by atoms with E-state index in [2.05, 4.69) is 35.5 Å². The first-order chi connectivity index (χ1) is 16.9. The molecule has 1 N–H and O–H groups in total. The molecule has 1 aromatic heterocycles. The van der Waals surface area contributed by atoms with Crippen LogP contribution in [0.5, 0.6) is 11.5 Å². The van der Waals surface area contributed by atoms with E-state index in [-0.39, 0.29) is 37.9 Å². The first-order valence-corrected chi connectivity index (χ1v) is 11.6. The Hall–Kier alpha value is -4.13. The maximum absolute atomic E-state index is 14.3. The smallest absolute Gasteiger partial charge is 0.335 e. The number of aliphatic imine (C=N–C) groups is 1. The van der Waals surface area contributed by atoms with Crippen molar-refractivity contribution in [2.75, 3.05) is 13.2 Å². The molecule has 2 bridgehead atoms. The van der Waals surface area contributed by atoms with Crippen molar-refractivity contribution >= 4 is 23.1 Å². The molecule has 2 aliphatic rings. The highest BCUT2D eigenvalue weighted by molar-refractivity contribution is 6.05. The van der Waals surface area contributed by atoms with E-state index < -0.39 is 5.97 Å². The Balaban J connectivity index is 0.00000267. The second kappa shape index (κ2) is 8.82. The van der Waals surface area contributed by atoms with Crippen molar-refractivity contribution in [1.82, 2.24) is 4.57 Å². The number of aromatic carboxylic acids is 1. The van der Waals surface area contributed by atoms with Crippen LogP contribution >= 0.6 is 0 Å². The SMILES string of the molecule is C.CC(C)c1c2c3cc4c(cc3n1-c1ccc(F)cc1OCCOc1cc(C(=O)O)ccc1-2)C=NC4. The molecule has 7 heteroatoms. The highest BCUT2D eigenvalue weighted by Crippen LogP contribution is 2.46. The number of carboxylic acids is 1. The standard InChI is InChI=1S/C28H23FN2O4.CH4/c1-15(2)27-26-20-5-3-16(28(32)33)11-24(20)34-7-8-35-25-12-19(29)4-6-22(25)31(27)23-10-18-14-30-13-17(18)9-21(23)26;/h3-6,9-12,14-15H,7-8,13H2,1-2H3,(H,32,33);1H4. The summed E-state index contributed by atoms with van der Waals surface area (Å²) in [6.07, 6.45) is 1.88. The second-order valence-corrected chi connectivity index (χ2v) is 9.11. The molecule has 4 aromatic rings. The predicted octanol–water partition coefficient (Wildman–Crippen LogP) is 6.60. The Morgan fingerprint density at radius 3 is 2.58 bits per heavy atom. The van der Waals surface area contributed by atoms with Gasteiger partial charge in [0.25, 0.3) is 0 Å². The van der Waals surface area contributed by atoms with Gasteiger partial charge >= 0.3 is 5.97 Å². The average Bonchev–Trinajstić information content (AvgIpc) is 3.41. The van der Waals surface area contributed by atoms with Crippen LogP contribution in [0, 0.1) is 5.82 Å². The molecule has 0 saturated heterocycles. The lowest BCUT2D eigenvalue weighted by atomic mass is 9.94. The fraction of sp³-hybridized carbons (Fsp3) is 0.241. The summed E-state index contributed by atoms with van der Waals surface area (Å²) in [5.74, 6) is -0.434. The van der Waals surface area contributed by atoms with Crippen molar-refractivity contribution < 1.29 is 23.8 Å². The number of carboxylic acid groups (broad SMARTS) is 1. The van der Waals surface area contributed by atoms with Crippen LogP contribution in [-0.2, 0) is 6.54 Å². The van der Waals surface area contributed by atoms with E-state index in [0.29, 0.717) is 18.0 Å². The third-order valence-corrected chi connectivity index (χ3v) is 6.56. The summed E-state index contributed by atoms with van der Waals surface area (Å²) < 4.78 is 28.5. The lowest BCUT2D eigenvalue weighted by Crippen LogP contribution is -2.11. The summed E-state index contributed by atoms with van der Waals surface area (Å²) in [7, 11) is 0. The maximum atomic E-state index is 14.3. The molecule has 0 atom stereocenters. The van der Waals surface area contributed by atoms with Crippen LogP contribution in [0.15, 0.2) is 53.5 Å². The van der Waals surface area contributed by atoms with E-state index >= 15 is 0 Å². The second-order valence-electron chi connectivity index (χ2n) is 9.11. The number of rotatable bonds is 2. The van der Waals surface area contributed by atoms with Crippen LogP contribution in [0.4, 0.5) is 4.39 Å². The van der Waals surface area contributed by atoms with Gasteiger partial charge in [-0.15, -0.1) is 0 Å². The maximum Gasteiger partial charge on any atom is 0.335 e. The summed E-state index contributed by atoms with van der Waals surface area (Å²) in [5.41, 5.74) is 6.79. The Labute approximate surface area is 208 Å². The summed E-state index contributed by atoms with van der Waals surface area (Å²) in [4.78, 5) is 16.1. The quantitative estimate of drug-likeness (QED) is 0.347. The van der Waals surface area contributed by atoms with Gasteiger partial charge in [0.15, 0.2) is 0 Å². The van der Waals surface area contributed by atoms with Crippen molar-refractivity contribution in [3.8, 4) is 28.3 Å². The van der Waals surface area contributed by atoms with E-state index in [1.807, 2.05) is 12.3 Å². The van der Waals surface area contributed by atoms with Crippen LogP contribution < -0.4 is 9.47 Å². The van der Waals surface area contributed by atoms with E-state index in [1.165, 1.54) is 12.1 Å². The molecule has 184 valence electrons. The number of hydrogen-bond donors (Lipinski definition) is 1. The fourth-order valence-electron chi connectivity index (χ4n) is 5.08. The van der Waals surface area contributed by atoms with Gasteiger partial charge in [-0.25, -0.2) is 9.18 Å². The molecule has 0 spiro atoms. The summed E-state index contributed by atoms with van der Waals surface area (Å²) in [6.45, 7) is 5.19. The number of carbonyl (C=O) groups is 1. The highest BCUT2D eigenvalue weighted by Gasteiger charge is 2.28. The number of fused-ring (bicyclic) bond motifs is 10. The normalized spacial score (nSPS) is 13.7. The molecule has 0 saturated carbocycles. The van der Waals surface area contributed by atoms with Crippen molar-refractivity contribution in [3.63, 3.8) is 0 Å². The van der Waals surface area contributed by atoms with Crippen LogP contribution in [0.25, 0.3) is 27.7 Å². The van der Waals surface area contributed by atoms with Gasteiger partial charge in [0.1, 0.15) is 30.5 Å². The zero-order chi connectivity index (χ0) is 24.3. The molecule has 36 heavy (non-hydrogen) atoms. The molecule has 0 unspecified atom stereocenters. The molecule has 6 rings (SSSR count). The predicted molar refractivity (Wildman–Crippen MR) is 139 cm³/mol. The first kappa shape index (κ1) is 23.6. The number of aromatic nitrogens is 1. The lowest BCUT2D eigenvalue weighted by molar-refractivity contribution is 0.0696. The van der Waals surface area contributed by atoms with Crippen LogP contribution in [0.1, 0.15) is 54.4 Å². The molecule has 0 fully saturated rings. The zero-order valence-electron chi connectivity index (χ0n) is 19.3. The van der Waals surface area contributed by atoms with Gasteiger partial charge in [0.05, 0.1) is 23.3 Å². The van der Waals surface area contributed by atoms with Gasteiger partial charge in [0, 0.05) is 34.5 Å². The van der Waals surface area contributed by atoms with Gasteiger partial charge in [-0.05, 0) is 59.5 Å². The molecule has 0 radical (unpaired) electrons. The number of benzene rings is 3. The Morgan fingerprint density at radius 1 is 1.06 bits per heavy atom. The third-order valence-electron chi connectivity index (χ3n) is 6.56. The highest BCUT2D eigenvalue weighted by atomic mass is 19.1. The molecule has 0 amide bonds. The van der Waals surface area contributed by atoms with Crippen LogP contribution in [0.2, 0.25) is 0 Å². The van der Waals surface area contributed by atoms with Crippen molar-refractivity contribution in [1.29, 1.82) is 0 Å². The topological polar surface area (TPSA) is 73.0 Å². The zero-order valence-corrected chi connectivity index (χ0v) is 19.3. The van der Waals surface area contributed by atoms with Crippen molar-refractivity contribution in [2.45, 2.75) is 33.7 Å². The average molecular weight is 487 g/mol. The Kier molecular flexibility index (Phi) is 5.79. The Bertz CT molecular complexity index is 1550. The number of halogens is 1. The molecule has 3 heterocycles. The summed E-state index contributed by atoms with van der Waals surface area (Å²) in [5, 5.41) is 10.6. The van der Waals surface area contributed by atoms with E-state index in [0.717, 1.165) is 44.5 Å². The first-order valence-electron chi connectivity index (χ1n) is 11.6. The fourth-order valence-corrected chi connectivity index (χ4v) is 5.08. The minimum Gasteiger partial charge on any atom is -0.489 e. The van der Waals surface area contributed by atoms with Gasteiger partial charge in [-0.1, -0.05) is 21.3 Å². The van der Waals surface area contributed by atoms with Gasteiger partial charge in [-0.2, -0.15) is 0 Å². The monoisotopic (exact) mass is 486 g/mol. The molecular weight excluding hydrogens is 459 g/mol. The minimum atomic E-state index is -1.02. The molecule has 0 aliphatic carbocycles. The molecule has 3 aromatic carbocycles. The summed E-state index contributed by atoms with van der Waals surface area (Å²) in [6, 6.07) is 13.8. The van der Waals surface area contributed by atoms with Gasteiger partial charge < -0.3 is 19.1 Å². The number of nitrogens with zero attached hydrogens (tertiary/aromatic N) is 2. The van der Waals surface area contributed by atoms with E-state index in [1.54, 1.807) is 18.2 Å². The molecule has 6 nitrogen and oxygen atoms in total. The van der Waals surface area contributed by atoms with Crippen molar-refractivity contribution in [3.05, 3.63) is 76.7 Å². The molecule has 2 aliphatic heterocycles. The van der Waals surface area contributed by atoms with Crippen LogP contribution in [-0.4, -0.2) is 35.1 Å². The Morgan fingerprint density at radius 2 is 1.83 bits per heavy atom. The molecular formula is C29H27FN2O4. The van der Waals surface area contributed by atoms with Gasteiger partial charge in [-0.3, -0.25) is 4.99 Å². The van der Waals surface area contributed by atoms with Gasteiger partial charge in [0.2, 0.25) is 0 Å². The van der Waals surface area contributed by atoms with E-state index in [9.17, 15) is 14.3 Å². The largest absolute Gasteiger partial charge is 0.489 e. The lowest BCUT2D eigenvalue weighted by Gasteiger charge is -2.18. The van der Waals surface area contributed by atoms with Crippen molar-refractivity contribution in [2.24, 2.45) is 4.99 Å². The number of hydrogen-bond acceptors (Lipinski definition) is 4. The van der Waals surface area contributed by atoms with E-state index in [4.69, 9.17) is 9.47 Å². The third kappa shape index (κ3) is 3.63. The van der Waals surface area contributed by atoms with Crippen LogP contribution in [0.3, 0.4) is 0 Å². The summed E-state index contributed by atoms with van der Waals surface area (Å²) >= 11 is 0. The number of ether oxygens (including phenoxy) is 2.